The van der Waals surface area contributed by atoms with Gasteiger partial charge in [-0.3, -0.25) is 4.79 Å². The number of aromatic nitrogens is 1. The fourth-order valence-electron chi connectivity index (χ4n) is 2.05. The molecule has 0 aliphatic carbocycles. The highest BCUT2D eigenvalue weighted by Gasteiger charge is 2.33. The van der Waals surface area contributed by atoms with Crippen LogP contribution in [0.4, 0.5) is 24.8 Å². The second-order valence-corrected chi connectivity index (χ2v) is 4.51. The van der Waals surface area contributed by atoms with Gasteiger partial charge in [0.2, 0.25) is 5.91 Å². The van der Waals surface area contributed by atoms with Crippen LogP contribution in [0.5, 0.6) is 0 Å². The van der Waals surface area contributed by atoms with E-state index in [4.69, 9.17) is 0 Å². The quantitative estimate of drug-likeness (QED) is 0.865. The maximum absolute atomic E-state index is 12.9. The minimum absolute atomic E-state index is 0.119. The topological polar surface area (TPSA) is 57.3 Å². The largest absolute Gasteiger partial charge is 0.416 e. The van der Waals surface area contributed by atoms with E-state index in [1.54, 1.807) is 11.8 Å². The zero-order valence-electron chi connectivity index (χ0n) is 11.1. The number of halogens is 3. The maximum Gasteiger partial charge on any atom is 0.416 e. The molecule has 2 heterocycles. The van der Waals surface area contributed by atoms with Crippen molar-refractivity contribution in [3.05, 3.63) is 17.7 Å². The van der Waals surface area contributed by atoms with E-state index in [0.717, 1.165) is 12.1 Å². The van der Waals surface area contributed by atoms with Gasteiger partial charge in [0, 0.05) is 20.1 Å². The molecule has 0 bridgehead atoms. The molecule has 0 radical (unpaired) electrons. The van der Waals surface area contributed by atoms with Gasteiger partial charge >= 0.3 is 6.18 Å². The van der Waals surface area contributed by atoms with Crippen LogP contribution in [0, 0.1) is 0 Å². The van der Waals surface area contributed by atoms with Crippen LogP contribution in [0.1, 0.15) is 12.5 Å². The average molecular weight is 288 g/mol. The first-order chi connectivity index (χ1) is 9.32. The lowest BCUT2D eigenvalue weighted by Crippen LogP contribution is -2.54. The SMILES string of the molecule is CNc1cc(C(F)(F)F)cc(N2CCNC(=O)C2C)n1. The van der Waals surface area contributed by atoms with Crippen molar-refractivity contribution in [2.75, 3.05) is 30.4 Å². The fraction of sp³-hybridized carbons (Fsp3) is 0.500. The molecule has 1 aromatic heterocycles. The van der Waals surface area contributed by atoms with E-state index in [0.29, 0.717) is 13.1 Å². The predicted molar refractivity (Wildman–Crippen MR) is 68.6 cm³/mol. The molecular weight excluding hydrogens is 273 g/mol. The lowest BCUT2D eigenvalue weighted by molar-refractivity contribution is -0.137. The Bertz CT molecular complexity index is 518. The Hall–Kier alpha value is -1.99. The van der Waals surface area contributed by atoms with Gasteiger partial charge in [-0.25, -0.2) is 4.98 Å². The zero-order chi connectivity index (χ0) is 14.9. The van der Waals surface area contributed by atoms with Crippen molar-refractivity contribution in [2.45, 2.75) is 19.1 Å². The van der Waals surface area contributed by atoms with Crippen LogP contribution in [-0.4, -0.2) is 37.1 Å². The van der Waals surface area contributed by atoms with Crippen molar-refractivity contribution in [1.29, 1.82) is 0 Å². The van der Waals surface area contributed by atoms with Crippen LogP contribution in [0.3, 0.4) is 0 Å². The number of anilines is 2. The third kappa shape index (κ3) is 2.78. The highest BCUT2D eigenvalue weighted by molar-refractivity contribution is 5.85. The summed E-state index contributed by atoms with van der Waals surface area (Å²) in [5.41, 5.74) is -0.787. The molecule has 2 rings (SSSR count). The number of rotatable bonds is 2. The highest BCUT2D eigenvalue weighted by atomic mass is 19.4. The van der Waals surface area contributed by atoms with Crippen LogP contribution in [0.2, 0.25) is 0 Å². The Balaban J connectivity index is 2.42. The number of amides is 1. The molecule has 1 aliphatic rings. The van der Waals surface area contributed by atoms with E-state index in [1.165, 1.54) is 7.05 Å². The molecule has 8 heteroatoms. The third-order valence-electron chi connectivity index (χ3n) is 3.19. The summed E-state index contributed by atoms with van der Waals surface area (Å²) in [6, 6.07) is 1.36. The fourth-order valence-corrected chi connectivity index (χ4v) is 2.05. The molecule has 0 aromatic carbocycles. The van der Waals surface area contributed by atoms with Crippen LogP contribution in [0.25, 0.3) is 0 Å². The number of pyridine rings is 1. The molecule has 1 unspecified atom stereocenters. The predicted octanol–water partition coefficient (Wildman–Crippen LogP) is 1.47. The van der Waals surface area contributed by atoms with Crippen LogP contribution < -0.4 is 15.5 Å². The van der Waals surface area contributed by atoms with Crippen molar-refractivity contribution in [3.63, 3.8) is 0 Å². The van der Waals surface area contributed by atoms with Gasteiger partial charge in [0.1, 0.15) is 17.7 Å². The molecule has 0 spiro atoms. The first-order valence-corrected chi connectivity index (χ1v) is 6.14. The number of carbonyl (C=O) groups excluding carboxylic acids is 1. The number of nitrogens with one attached hydrogen (secondary N) is 2. The van der Waals surface area contributed by atoms with Crippen molar-refractivity contribution in [1.82, 2.24) is 10.3 Å². The molecule has 1 amide bonds. The second-order valence-electron chi connectivity index (χ2n) is 4.51. The number of carbonyl (C=O) groups is 1. The average Bonchev–Trinajstić information content (AvgIpc) is 2.40. The monoisotopic (exact) mass is 288 g/mol. The number of nitrogens with zero attached hydrogens (tertiary/aromatic N) is 2. The molecule has 1 aromatic rings. The minimum Gasteiger partial charge on any atom is -0.373 e. The number of hydrogen-bond donors (Lipinski definition) is 2. The van der Waals surface area contributed by atoms with Crippen LogP contribution in [0.15, 0.2) is 12.1 Å². The third-order valence-corrected chi connectivity index (χ3v) is 3.19. The van der Waals surface area contributed by atoms with Gasteiger partial charge in [-0.1, -0.05) is 0 Å². The Morgan fingerprint density at radius 2 is 2.15 bits per heavy atom. The summed E-state index contributed by atoms with van der Waals surface area (Å²) < 4.78 is 38.6. The van der Waals surface area contributed by atoms with E-state index in [-0.39, 0.29) is 17.5 Å². The van der Waals surface area contributed by atoms with E-state index in [9.17, 15) is 18.0 Å². The molecule has 1 saturated heterocycles. The van der Waals surface area contributed by atoms with Crippen molar-refractivity contribution >= 4 is 17.5 Å². The minimum atomic E-state index is -4.45. The van der Waals surface area contributed by atoms with E-state index in [2.05, 4.69) is 15.6 Å². The van der Waals surface area contributed by atoms with Gasteiger partial charge < -0.3 is 15.5 Å². The lowest BCUT2D eigenvalue weighted by atomic mass is 10.1. The van der Waals surface area contributed by atoms with Gasteiger partial charge in [0.15, 0.2) is 0 Å². The van der Waals surface area contributed by atoms with Crippen LogP contribution >= 0.6 is 0 Å². The molecule has 1 atom stereocenters. The van der Waals surface area contributed by atoms with Gasteiger partial charge in [-0.05, 0) is 19.1 Å². The van der Waals surface area contributed by atoms with Crippen molar-refractivity contribution in [3.8, 4) is 0 Å². The molecule has 1 fully saturated rings. The summed E-state index contributed by atoms with van der Waals surface area (Å²) in [7, 11) is 1.50. The Labute approximate surface area is 114 Å². The van der Waals surface area contributed by atoms with E-state index in [1.807, 2.05) is 0 Å². The van der Waals surface area contributed by atoms with Crippen LogP contribution in [-0.2, 0) is 11.0 Å². The normalized spacial score (nSPS) is 19.8. The lowest BCUT2D eigenvalue weighted by Gasteiger charge is -2.34. The highest BCUT2D eigenvalue weighted by Crippen LogP contribution is 2.33. The summed E-state index contributed by atoms with van der Waals surface area (Å²) in [6.07, 6.45) is -4.45. The summed E-state index contributed by atoms with van der Waals surface area (Å²) in [5.74, 6) is 0.0426. The molecule has 110 valence electrons. The Morgan fingerprint density at radius 3 is 2.75 bits per heavy atom. The second kappa shape index (κ2) is 5.18. The molecule has 1 aliphatic heterocycles. The number of alkyl halides is 3. The molecular formula is C12H15F3N4O. The maximum atomic E-state index is 12.9. The number of piperazine rings is 1. The van der Waals surface area contributed by atoms with Gasteiger partial charge in [-0.2, -0.15) is 13.2 Å². The molecule has 0 saturated carbocycles. The summed E-state index contributed by atoms with van der Waals surface area (Å²) in [4.78, 5) is 17.3. The standard InChI is InChI=1S/C12H15F3N4O/c1-7-11(20)17-3-4-19(7)10-6-8(12(13,14)15)5-9(16-2)18-10/h5-7H,3-4H2,1-2H3,(H,16,18)(H,17,20). The summed E-state index contributed by atoms with van der Waals surface area (Å²) in [5, 5.41) is 5.27. The number of hydrogen-bond acceptors (Lipinski definition) is 4. The van der Waals surface area contributed by atoms with Gasteiger partial charge in [0.25, 0.3) is 0 Å². The zero-order valence-corrected chi connectivity index (χ0v) is 11.1. The molecule has 20 heavy (non-hydrogen) atoms. The van der Waals surface area contributed by atoms with Crippen molar-refractivity contribution in [2.24, 2.45) is 0 Å². The molecule has 2 N–H and O–H groups in total. The van der Waals surface area contributed by atoms with E-state index < -0.39 is 17.8 Å². The summed E-state index contributed by atoms with van der Waals surface area (Å²) in [6.45, 7) is 2.44. The smallest absolute Gasteiger partial charge is 0.373 e. The summed E-state index contributed by atoms with van der Waals surface area (Å²) >= 11 is 0. The van der Waals surface area contributed by atoms with Gasteiger partial charge in [0.05, 0.1) is 5.56 Å². The van der Waals surface area contributed by atoms with Gasteiger partial charge in [-0.15, -0.1) is 0 Å². The first kappa shape index (κ1) is 14.4. The van der Waals surface area contributed by atoms with Crippen molar-refractivity contribution < 1.29 is 18.0 Å². The Kier molecular flexibility index (Phi) is 3.74. The van der Waals surface area contributed by atoms with E-state index >= 15 is 0 Å². The first-order valence-electron chi connectivity index (χ1n) is 6.14. The molecule has 5 nitrogen and oxygen atoms in total. The Morgan fingerprint density at radius 1 is 1.45 bits per heavy atom.